The summed E-state index contributed by atoms with van der Waals surface area (Å²) in [5.74, 6) is -1.57. The summed E-state index contributed by atoms with van der Waals surface area (Å²) in [5, 5.41) is 16.9. The van der Waals surface area contributed by atoms with E-state index in [0.717, 1.165) is 11.3 Å². The standard InChI is InChI=1S/C10H13N5O2/c1-7-8(6-15(2)14-7)5-13-10(17)9(16)12-4-3-11/h6H,4-5H2,1-2H3,(H,12,16)(H,13,17). The molecule has 0 saturated heterocycles. The van der Waals surface area contributed by atoms with E-state index in [4.69, 9.17) is 5.26 Å². The zero-order valence-electron chi connectivity index (χ0n) is 9.65. The molecule has 17 heavy (non-hydrogen) atoms. The summed E-state index contributed by atoms with van der Waals surface area (Å²) in [5.41, 5.74) is 1.64. The number of carbonyl (C=O) groups is 2. The van der Waals surface area contributed by atoms with Gasteiger partial charge >= 0.3 is 11.8 Å². The Morgan fingerprint density at radius 3 is 2.65 bits per heavy atom. The fourth-order valence-corrected chi connectivity index (χ4v) is 1.28. The van der Waals surface area contributed by atoms with Crippen molar-refractivity contribution in [1.29, 1.82) is 5.26 Å². The van der Waals surface area contributed by atoms with Gasteiger partial charge in [-0.25, -0.2) is 0 Å². The molecule has 1 rings (SSSR count). The molecule has 0 radical (unpaired) electrons. The Morgan fingerprint density at radius 2 is 2.12 bits per heavy atom. The fraction of sp³-hybridized carbons (Fsp3) is 0.400. The van der Waals surface area contributed by atoms with E-state index in [-0.39, 0.29) is 13.1 Å². The average Bonchev–Trinajstić information content (AvgIpc) is 2.61. The van der Waals surface area contributed by atoms with Crippen molar-refractivity contribution < 1.29 is 9.59 Å². The fourth-order valence-electron chi connectivity index (χ4n) is 1.28. The highest BCUT2D eigenvalue weighted by Gasteiger charge is 2.13. The van der Waals surface area contributed by atoms with E-state index in [1.165, 1.54) is 0 Å². The van der Waals surface area contributed by atoms with Gasteiger partial charge in [0.25, 0.3) is 0 Å². The number of nitriles is 1. The highest BCUT2D eigenvalue weighted by atomic mass is 16.2. The average molecular weight is 235 g/mol. The number of amides is 2. The molecular formula is C10H13N5O2. The Morgan fingerprint density at radius 1 is 1.47 bits per heavy atom. The van der Waals surface area contributed by atoms with E-state index >= 15 is 0 Å². The molecular weight excluding hydrogens is 222 g/mol. The number of carbonyl (C=O) groups excluding carboxylic acids is 2. The monoisotopic (exact) mass is 235 g/mol. The zero-order chi connectivity index (χ0) is 12.8. The van der Waals surface area contributed by atoms with Crippen molar-refractivity contribution >= 4 is 11.8 Å². The topological polar surface area (TPSA) is 99.8 Å². The van der Waals surface area contributed by atoms with E-state index in [0.29, 0.717) is 0 Å². The second-order valence-electron chi connectivity index (χ2n) is 3.44. The van der Waals surface area contributed by atoms with Crippen LogP contribution in [0, 0.1) is 18.3 Å². The Bertz CT molecular complexity index is 472. The smallest absolute Gasteiger partial charge is 0.310 e. The van der Waals surface area contributed by atoms with E-state index in [2.05, 4.69) is 15.7 Å². The minimum Gasteiger partial charge on any atom is -0.344 e. The van der Waals surface area contributed by atoms with Gasteiger partial charge in [-0.15, -0.1) is 0 Å². The molecule has 0 spiro atoms. The van der Waals surface area contributed by atoms with Crippen LogP contribution in [0.15, 0.2) is 6.20 Å². The molecule has 0 unspecified atom stereocenters. The van der Waals surface area contributed by atoms with Crippen molar-refractivity contribution in [3.05, 3.63) is 17.5 Å². The first-order valence-electron chi connectivity index (χ1n) is 4.96. The van der Waals surface area contributed by atoms with Crippen LogP contribution in [0.4, 0.5) is 0 Å². The molecule has 7 heteroatoms. The summed E-state index contributed by atoms with van der Waals surface area (Å²) in [6.45, 7) is 1.87. The maximum Gasteiger partial charge on any atom is 0.310 e. The van der Waals surface area contributed by atoms with E-state index in [1.807, 2.05) is 6.92 Å². The lowest BCUT2D eigenvalue weighted by Crippen LogP contribution is -2.39. The van der Waals surface area contributed by atoms with Crippen molar-refractivity contribution in [2.75, 3.05) is 6.54 Å². The SMILES string of the molecule is Cc1nn(C)cc1CNC(=O)C(=O)NCC#N. The third kappa shape index (κ3) is 3.61. The van der Waals surface area contributed by atoms with Crippen molar-refractivity contribution in [2.45, 2.75) is 13.5 Å². The lowest BCUT2D eigenvalue weighted by molar-refractivity contribution is -0.139. The Balaban J connectivity index is 2.46. The molecule has 1 heterocycles. The third-order valence-electron chi connectivity index (χ3n) is 2.09. The van der Waals surface area contributed by atoms with Crippen LogP contribution >= 0.6 is 0 Å². The van der Waals surface area contributed by atoms with Crippen LogP contribution < -0.4 is 10.6 Å². The van der Waals surface area contributed by atoms with Crippen LogP contribution in [0.2, 0.25) is 0 Å². The van der Waals surface area contributed by atoms with E-state index in [9.17, 15) is 9.59 Å². The lowest BCUT2D eigenvalue weighted by Gasteiger charge is -2.03. The maximum atomic E-state index is 11.3. The van der Waals surface area contributed by atoms with Crippen molar-refractivity contribution in [1.82, 2.24) is 20.4 Å². The predicted octanol–water partition coefficient (Wildman–Crippen LogP) is -1.02. The van der Waals surface area contributed by atoms with Crippen LogP contribution in [0.25, 0.3) is 0 Å². The lowest BCUT2D eigenvalue weighted by atomic mass is 10.2. The molecule has 0 aromatic carbocycles. The molecule has 0 saturated carbocycles. The van der Waals surface area contributed by atoms with Crippen molar-refractivity contribution in [3.8, 4) is 6.07 Å². The van der Waals surface area contributed by atoms with Gasteiger partial charge in [-0.1, -0.05) is 0 Å². The van der Waals surface area contributed by atoms with Gasteiger partial charge in [0.1, 0.15) is 6.54 Å². The summed E-state index contributed by atoms with van der Waals surface area (Å²) < 4.78 is 1.63. The number of rotatable bonds is 3. The third-order valence-corrected chi connectivity index (χ3v) is 2.09. The molecule has 0 bridgehead atoms. The molecule has 0 atom stereocenters. The minimum atomic E-state index is -0.812. The van der Waals surface area contributed by atoms with E-state index in [1.54, 1.807) is 24.0 Å². The van der Waals surface area contributed by atoms with Gasteiger partial charge in [0.2, 0.25) is 0 Å². The molecule has 1 aromatic heterocycles. The Hall–Kier alpha value is -2.36. The number of nitrogens with one attached hydrogen (secondary N) is 2. The molecule has 0 fully saturated rings. The van der Waals surface area contributed by atoms with Gasteiger partial charge in [-0.2, -0.15) is 10.4 Å². The Kier molecular flexibility index (Phi) is 4.22. The normalized spacial score (nSPS) is 9.47. The minimum absolute atomic E-state index is 0.182. The maximum absolute atomic E-state index is 11.3. The summed E-state index contributed by atoms with van der Waals surface area (Å²) >= 11 is 0. The molecule has 7 nitrogen and oxygen atoms in total. The van der Waals surface area contributed by atoms with Gasteiger partial charge in [-0.05, 0) is 6.92 Å². The molecule has 0 aliphatic heterocycles. The molecule has 0 aliphatic rings. The largest absolute Gasteiger partial charge is 0.344 e. The van der Waals surface area contributed by atoms with Crippen LogP contribution in [-0.4, -0.2) is 28.1 Å². The van der Waals surface area contributed by atoms with Crippen LogP contribution in [0.5, 0.6) is 0 Å². The number of aryl methyl sites for hydroxylation is 2. The first-order chi connectivity index (χ1) is 8.04. The second kappa shape index (κ2) is 5.65. The zero-order valence-corrected chi connectivity index (χ0v) is 9.65. The highest BCUT2D eigenvalue weighted by Crippen LogP contribution is 2.03. The molecule has 2 amide bonds. The first-order valence-corrected chi connectivity index (χ1v) is 4.96. The molecule has 90 valence electrons. The number of nitrogens with zero attached hydrogens (tertiary/aromatic N) is 3. The van der Waals surface area contributed by atoms with Gasteiger partial charge in [-0.3, -0.25) is 14.3 Å². The number of hydrogen-bond donors (Lipinski definition) is 2. The van der Waals surface area contributed by atoms with Crippen LogP contribution in [-0.2, 0) is 23.2 Å². The number of hydrogen-bond acceptors (Lipinski definition) is 4. The van der Waals surface area contributed by atoms with Gasteiger partial charge in [0.15, 0.2) is 0 Å². The van der Waals surface area contributed by atoms with Crippen LogP contribution in [0.1, 0.15) is 11.3 Å². The quantitative estimate of drug-likeness (QED) is 0.517. The summed E-state index contributed by atoms with van der Waals surface area (Å²) in [6.07, 6.45) is 1.77. The van der Waals surface area contributed by atoms with Gasteiger partial charge in [0, 0.05) is 25.4 Å². The summed E-state index contributed by atoms with van der Waals surface area (Å²) in [4.78, 5) is 22.4. The van der Waals surface area contributed by atoms with Crippen molar-refractivity contribution in [3.63, 3.8) is 0 Å². The number of aromatic nitrogens is 2. The summed E-state index contributed by atoms with van der Waals surface area (Å²) in [7, 11) is 1.78. The predicted molar refractivity (Wildman–Crippen MR) is 58.4 cm³/mol. The van der Waals surface area contributed by atoms with Crippen molar-refractivity contribution in [2.24, 2.45) is 7.05 Å². The van der Waals surface area contributed by atoms with Gasteiger partial charge in [0.05, 0.1) is 11.8 Å². The molecule has 0 aliphatic carbocycles. The molecule has 1 aromatic rings. The Labute approximate surface area is 98.4 Å². The van der Waals surface area contributed by atoms with Crippen LogP contribution in [0.3, 0.4) is 0 Å². The first kappa shape index (κ1) is 12.7. The second-order valence-corrected chi connectivity index (χ2v) is 3.44. The van der Waals surface area contributed by atoms with E-state index < -0.39 is 11.8 Å². The van der Waals surface area contributed by atoms with Gasteiger partial charge < -0.3 is 10.6 Å². The highest BCUT2D eigenvalue weighted by molar-refractivity contribution is 6.35. The molecule has 2 N–H and O–H groups in total. The summed E-state index contributed by atoms with van der Waals surface area (Å²) in [6, 6.07) is 1.71.